The first kappa shape index (κ1) is 13.1. The van der Waals surface area contributed by atoms with Crippen LogP contribution in [-0.4, -0.2) is 9.97 Å². The molecule has 2 aromatic rings. The highest BCUT2D eigenvalue weighted by Crippen LogP contribution is 2.25. The van der Waals surface area contributed by atoms with Crippen molar-refractivity contribution in [2.45, 2.75) is 39.2 Å². The standard InChI is InChI=1S/C15H16N4S/c1-10-17-8-13(20-10)9-18-15-12(7-16)6-11-4-2-3-5-14(11)19-15/h6,8H,2-5,9H2,1H3,(H,18,19). The topological polar surface area (TPSA) is 61.6 Å². The first-order valence-corrected chi connectivity index (χ1v) is 7.66. The zero-order valence-electron chi connectivity index (χ0n) is 11.4. The van der Waals surface area contributed by atoms with Crippen molar-refractivity contribution in [1.29, 1.82) is 5.26 Å². The minimum atomic E-state index is 0.645. The Labute approximate surface area is 122 Å². The maximum absolute atomic E-state index is 9.28. The summed E-state index contributed by atoms with van der Waals surface area (Å²) in [6, 6.07) is 4.25. The van der Waals surface area contributed by atoms with E-state index in [4.69, 9.17) is 0 Å². The number of nitrogens with zero attached hydrogens (tertiary/aromatic N) is 3. The molecule has 4 nitrogen and oxygen atoms in total. The summed E-state index contributed by atoms with van der Waals surface area (Å²) in [7, 11) is 0. The molecule has 1 N–H and O–H groups in total. The Morgan fingerprint density at radius 2 is 2.25 bits per heavy atom. The van der Waals surface area contributed by atoms with Gasteiger partial charge in [0.1, 0.15) is 11.9 Å². The molecule has 0 radical (unpaired) electrons. The van der Waals surface area contributed by atoms with Crippen molar-refractivity contribution in [3.8, 4) is 6.07 Å². The molecule has 1 aliphatic rings. The minimum Gasteiger partial charge on any atom is -0.364 e. The molecule has 0 fully saturated rings. The van der Waals surface area contributed by atoms with Crippen molar-refractivity contribution >= 4 is 17.2 Å². The maximum Gasteiger partial charge on any atom is 0.144 e. The van der Waals surface area contributed by atoms with Crippen molar-refractivity contribution in [2.24, 2.45) is 0 Å². The maximum atomic E-state index is 9.28. The van der Waals surface area contributed by atoms with Gasteiger partial charge in [-0.3, -0.25) is 0 Å². The van der Waals surface area contributed by atoms with Crippen LogP contribution in [0.25, 0.3) is 0 Å². The summed E-state index contributed by atoms with van der Waals surface area (Å²) in [5.41, 5.74) is 3.04. The molecule has 0 saturated carbocycles. The lowest BCUT2D eigenvalue weighted by Crippen LogP contribution is -2.10. The van der Waals surface area contributed by atoms with Crippen molar-refractivity contribution < 1.29 is 0 Å². The van der Waals surface area contributed by atoms with E-state index in [0.29, 0.717) is 17.9 Å². The van der Waals surface area contributed by atoms with Gasteiger partial charge in [0.15, 0.2) is 0 Å². The summed E-state index contributed by atoms with van der Waals surface area (Å²) in [5, 5.41) is 13.6. The summed E-state index contributed by atoms with van der Waals surface area (Å²) in [5.74, 6) is 0.708. The number of rotatable bonds is 3. The van der Waals surface area contributed by atoms with Gasteiger partial charge in [-0.15, -0.1) is 11.3 Å². The molecule has 0 atom stereocenters. The van der Waals surface area contributed by atoms with Crippen LogP contribution in [0.5, 0.6) is 0 Å². The Bertz CT molecular complexity index is 669. The van der Waals surface area contributed by atoms with Crippen molar-refractivity contribution in [3.05, 3.63) is 39.0 Å². The van der Waals surface area contributed by atoms with Crippen molar-refractivity contribution in [1.82, 2.24) is 9.97 Å². The van der Waals surface area contributed by atoms with Gasteiger partial charge < -0.3 is 5.32 Å². The summed E-state index contributed by atoms with van der Waals surface area (Å²) >= 11 is 1.66. The smallest absolute Gasteiger partial charge is 0.144 e. The molecule has 0 saturated heterocycles. The summed E-state index contributed by atoms with van der Waals surface area (Å²) < 4.78 is 0. The molecule has 2 heterocycles. The van der Waals surface area contributed by atoms with Gasteiger partial charge >= 0.3 is 0 Å². The second kappa shape index (κ2) is 5.59. The Morgan fingerprint density at radius 1 is 1.40 bits per heavy atom. The van der Waals surface area contributed by atoms with Crippen LogP contribution in [0.4, 0.5) is 5.82 Å². The quantitative estimate of drug-likeness (QED) is 0.940. The van der Waals surface area contributed by atoms with Crippen LogP contribution >= 0.6 is 11.3 Å². The predicted octanol–water partition coefficient (Wildman–Crippen LogP) is 3.21. The van der Waals surface area contributed by atoms with Gasteiger partial charge in [-0.25, -0.2) is 9.97 Å². The average molecular weight is 284 g/mol. The fourth-order valence-corrected chi connectivity index (χ4v) is 3.25. The third-order valence-electron chi connectivity index (χ3n) is 3.52. The second-order valence-corrected chi connectivity index (χ2v) is 6.33. The lowest BCUT2D eigenvalue weighted by Gasteiger charge is -2.17. The van der Waals surface area contributed by atoms with Gasteiger partial charge in [0.05, 0.1) is 17.1 Å². The van der Waals surface area contributed by atoms with Crippen molar-refractivity contribution in [2.75, 3.05) is 5.32 Å². The highest BCUT2D eigenvalue weighted by molar-refractivity contribution is 7.11. The monoisotopic (exact) mass is 284 g/mol. The van der Waals surface area contributed by atoms with Crippen LogP contribution in [-0.2, 0) is 19.4 Å². The first-order chi connectivity index (χ1) is 9.76. The number of pyridine rings is 1. The van der Waals surface area contributed by atoms with E-state index < -0.39 is 0 Å². The Morgan fingerprint density at radius 3 is 3.00 bits per heavy atom. The number of aryl methyl sites for hydroxylation is 3. The van der Waals surface area contributed by atoms with E-state index in [2.05, 4.69) is 21.4 Å². The molecule has 2 aromatic heterocycles. The van der Waals surface area contributed by atoms with Gasteiger partial charge in [0.2, 0.25) is 0 Å². The Hall–Kier alpha value is -1.93. The Kier molecular flexibility index (Phi) is 3.66. The van der Waals surface area contributed by atoms with Crippen LogP contribution in [0.1, 0.15) is 39.5 Å². The average Bonchev–Trinajstić information content (AvgIpc) is 2.89. The van der Waals surface area contributed by atoms with Crippen LogP contribution in [0.15, 0.2) is 12.3 Å². The second-order valence-electron chi connectivity index (χ2n) is 5.01. The molecule has 0 aromatic carbocycles. The zero-order chi connectivity index (χ0) is 13.9. The van der Waals surface area contributed by atoms with Crippen LogP contribution in [0, 0.1) is 18.3 Å². The fourth-order valence-electron chi connectivity index (χ4n) is 2.51. The highest BCUT2D eigenvalue weighted by atomic mass is 32.1. The summed E-state index contributed by atoms with van der Waals surface area (Å²) in [6.45, 7) is 2.66. The molecular weight excluding hydrogens is 268 g/mol. The number of thiazole rings is 1. The third-order valence-corrected chi connectivity index (χ3v) is 4.43. The molecule has 0 spiro atoms. The van der Waals surface area contributed by atoms with Crippen LogP contribution in [0.2, 0.25) is 0 Å². The summed E-state index contributed by atoms with van der Waals surface area (Å²) in [4.78, 5) is 10.0. The molecule has 3 rings (SSSR count). The van der Waals surface area contributed by atoms with E-state index in [1.807, 2.05) is 19.2 Å². The molecule has 0 bridgehead atoms. The summed E-state index contributed by atoms with van der Waals surface area (Å²) in [6.07, 6.45) is 6.34. The van der Waals surface area contributed by atoms with Gasteiger partial charge in [0, 0.05) is 16.8 Å². The molecule has 0 amide bonds. The van der Waals surface area contributed by atoms with E-state index in [9.17, 15) is 5.26 Å². The minimum absolute atomic E-state index is 0.645. The molecule has 1 aliphatic carbocycles. The van der Waals surface area contributed by atoms with E-state index in [1.54, 1.807) is 11.3 Å². The molecular formula is C15H16N4S. The van der Waals surface area contributed by atoms with E-state index >= 15 is 0 Å². The van der Waals surface area contributed by atoms with Gasteiger partial charge in [0.25, 0.3) is 0 Å². The fraction of sp³-hybridized carbons (Fsp3) is 0.400. The first-order valence-electron chi connectivity index (χ1n) is 6.84. The van der Waals surface area contributed by atoms with Crippen LogP contribution < -0.4 is 5.32 Å². The largest absolute Gasteiger partial charge is 0.364 e. The molecule has 102 valence electrons. The molecule has 5 heteroatoms. The van der Waals surface area contributed by atoms with Gasteiger partial charge in [-0.05, 0) is 44.2 Å². The molecule has 20 heavy (non-hydrogen) atoms. The predicted molar refractivity (Wildman–Crippen MR) is 79.8 cm³/mol. The van der Waals surface area contributed by atoms with E-state index in [-0.39, 0.29) is 0 Å². The zero-order valence-corrected chi connectivity index (χ0v) is 12.3. The van der Waals surface area contributed by atoms with Gasteiger partial charge in [-0.1, -0.05) is 0 Å². The lowest BCUT2D eigenvalue weighted by atomic mass is 9.95. The van der Waals surface area contributed by atoms with Crippen LogP contribution in [0.3, 0.4) is 0 Å². The highest BCUT2D eigenvalue weighted by Gasteiger charge is 2.15. The molecule has 0 unspecified atom stereocenters. The van der Waals surface area contributed by atoms with Gasteiger partial charge in [-0.2, -0.15) is 5.26 Å². The number of nitriles is 1. The van der Waals surface area contributed by atoms with Crippen molar-refractivity contribution in [3.63, 3.8) is 0 Å². The Balaban J connectivity index is 1.83. The number of aromatic nitrogens is 2. The SMILES string of the molecule is Cc1ncc(CNc2nc3c(cc2C#N)CCCC3)s1. The lowest BCUT2D eigenvalue weighted by molar-refractivity contribution is 0.668. The number of nitrogens with one attached hydrogen (secondary N) is 1. The molecule has 0 aliphatic heterocycles. The van der Waals surface area contributed by atoms with E-state index in [0.717, 1.165) is 28.4 Å². The van der Waals surface area contributed by atoms with E-state index in [1.165, 1.54) is 18.4 Å². The normalized spacial score (nSPS) is 13.6. The number of anilines is 1. The number of hydrogen-bond donors (Lipinski definition) is 1. The third kappa shape index (κ3) is 2.66. The number of hydrogen-bond acceptors (Lipinski definition) is 5. The number of fused-ring (bicyclic) bond motifs is 1.